The first-order valence-electron chi connectivity index (χ1n) is 9.48. The van der Waals surface area contributed by atoms with Gasteiger partial charge >= 0.3 is 5.97 Å². The normalized spacial score (nSPS) is 14.8. The second-order valence-corrected chi connectivity index (χ2v) is 8.81. The molecule has 0 unspecified atom stereocenters. The average molecular weight is 541 g/mol. The molecule has 0 aromatic heterocycles. The van der Waals surface area contributed by atoms with Crippen molar-refractivity contribution in [3.05, 3.63) is 61.9 Å². The molecule has 1 heterocycles. The van der Waals surface area contributed by atoms with Crippen molar-refractivity contribution in [2.75, 3.05) is 20.3 Å². The first-order chi connectivity index (χ1) is 15.3. The standard InChI is InChI=1S/C22H19BrClNO6S/c1-3-30-19(26)11-25-21(27)18(32-22(25)28)10-14-8-16(23)20(17(9-14)29-2)31-12-13-4-6-15(24)7-5-13/h4-10H,3,11-12H2,1-2H3/b18-10+. The number of halogens is 2. The van der Waals surface area contributed by atoms with E-state index in [1.165, 1.54) is 7.11 Å². The third kappa shape index (κ3) is 5.85. The zero-order chi connectivity index (χ0) is 23.3. The minimum Gasteiger partial charge on any atom is -0.493 e. The predicted molar refractivity (Wildman–Crippen MR) is 126 cm³/mol. The van der Waals surface area contributed by atoms with Crippen LogP contribution < -0.4 is 9.47 Å². The van der Waals surface area contributed by atoms with Gasteiger partial charge in [0.15, 0.2) is 11.5 Å². The first-order valence-corrected chi connectivity index (χ1v) is 11.5. The fourth-order valence-electron chi connectivity index (χ4n) is 2.82. The van der Waals surface area contributed by atoms with Crippen LogP contribution >= 0.6 is 39.3 Å². The molecule has 2 amide bonds. The molecule has 0 bridgehead atoms. The lowest BCUT2D eigenvalue weighted by Crippen LogP contribution is -2.34. The third-order valence-corrected chi connectivity index (χ3v) is 6.06. The second kappa shape index (κ2) is 10.9. The minimum atomic E-state index is -0.636. The molecule has 0 aliphatic carbocycles. The molecule has 0 atom stereocenters. The fourth-order valence-corrected chi connectivity index (χ4v) is 4.36. The number of benzene rings is 2. The van der Waals surface area contributed by atoms with Crippen molar-refractivity contribution in [1.82, 2.24) is 4.90 Å². The number of amides is 2. The number of rotatable bonds is 8. The summed E-state index contributed by atoms with van der Waals surface area (Å²) in [6.07, 6.45) is 1.56. The van der Waals surface area contributed by atoms with Crippen LogP contribution in [0.1, 0.15) is 18.1 Å². The fraction of sp³-hybridized carbons (Fsp3) is 0.227. The zero-order valence-corrected chi connectivity index (χ0v) is 20.4. The average Bonchev–Trinajstić information content (AvgIpc) is 3.01. The van der Waals surface area contributed by atoms with Gasteiger partial charge in [-0.1, -0.05) is 23.7 Å². The zero-order valence-electron chi connectivity index (χ0n) is 17.2. The third-order valence-electron chi connectivity index (χ3n) is 4.31. The number of thioether (sulfide) groups is 1. The van der Waals surface area contributed by atoms with Gasteiger partial charge in [0.25, 0.3) is 11.1 Å². The van der Waals surface area contributed by atoms with Gasteiger partial charge in [-0.2, -0.15) is 0 Å². The van der Waals surface area contributed by atoms with E-state index in [-0.39, 0.29) is 11.5 Å². The Morgan fingerprint density at radius 2 is 1.94 bits per heavy atom. The van der Waals surface area contributed by atoms with E-state index >= 15 is 0 Å². The number of carbonyl (C=O) groups excluding carboxylic acids is 3. The number of ether oxygens (including phenoxy) is 3. The Morgan fingerprint density at radius 1 is 1.22 bits per heavy atom. The summed E-state index contributed by atoms with van der Waals surface area (Å²) < 4.78 is 16.8. The lowest BCUT2D eigenvalue weighted by atomic mass is 10.1. The Kier molecular flexibility index (Phi) is 8.22. The van der Waals surface area contributed by atoms with Gasteiger partial charge in [0.1, 0.15) is 13.2 Å². The largest absolute Gasteiger partial charge is 0.493 e. The molecule has 1 aliphatic heterocycles. The van der Waals surface area contributed by atoms with Gasteiger partial charge in [0.05, 0.1) is 23.1 Å². The molecule has 168 valence electrons. The van der Waals surface area contributed by atoms with Crippen LogP contribution in [0, 0.1) is 0 Å². The Morgan fingerprint density at radius 3 is 2.59 bits per heavy atom. The summed E-state index contributed by atoms with van der Waals surface area (Å²) in [4.78, 5) is 37.5. The summed E-state index contributed by atoms with van der Waals surface area (Å²) in [7, 11) is 1.51. The highest BCUT2D eigenvalue weighted by Gasteiger charge is 2.36. The van der Waals surface area contributed by atoms with E-state index in [0.717, 1.165) is 22.2 Å². The highest BCUT2D eigenvalue weighted by Crippen LogP contribution is 2.39. The van der Waals surface area contributed by atoms with E-state index in [1.54, 1.807) is 37.3 Å². The van der Waals surface area contributed by atoms with Crippen molar-refractivity contribution in [2.24, 2.45) is 0 Å². The number of hydrogen-bond acceptors (Lipinski definition) is 7. The monoisotopic (exact) mass is 539 g/mol. The van der Waals surface area contributed by atoms with Gasteiger partial charge in [-0.05, 0) is 76.1 Å². The minimum absolute atomic E-state index is 0.172. The quantitative estimate of drug-likeness (QED) is 0.332. The Labute approximate surface area is 202 Å². The molecule has 0 N–H and O–H groups in total. The van der Waals surface area contributed by atoms with Crippen LogP contribution in [0.15, 0.2) is 45.8 Å². The smallest absolute Gasteiger partial charge is 0.326 e. The van der Waals surface area contributed by atoms with Crippen molar-refractivity contribution in [2.45, 2.75) is 13.5 Å². The second-order valence-electron chi connectivity index (χ2n) is 6.52. The molecule has 0 spiro atoms. The Bertz CT molecular complexity index is 1070. The molecule has 1 saturated heterocycles. The molecule has 7 nitrogen and oxygen atoms in total. The van der Waals surface area contributed by atoms with Crippen LogP contribution in [0.3, 0.4) is 0 Å². The van der Waals surface area contributed by atoms with Crippen LogP contribution in [0.4, 0.5) is 4.79 Å². The molecule has 3 rings (SSSR count). The van der Waals surface area contributed by atoms with Crippen LogP contribution in [0.5, 0.6) is 11.5 Å². The van der Waals surface area contributed by atoms with Crippen LogP contribution in [0.2, 0.25) is 5.02 Å². The van der Waals surface area contributed by atoms with Gasteiger partial charge in [-0.15, -0.1) is 0 Å². The van der Waals surface area contributed by atoms with Gasteiger partial charge < -0.3 is 14.2 Å². The maximum atomic E-state index is 12.6. The molecular formula is C22H19BrClNO6S. The molecule has 2 aromatic rings. The molecule has 32 heavy (non-hydrogen) atoms. The SMILES string of the molecule is CCOC(=O)CN1C(=O)S/C(=C/c2cc(Br)c(OCc3ccc(Cl)cc3)c(OC)c2)C1=O. The number of nitrogens with zero attached hydrogens (tertiary/aromatic N) is 1. The van der Waals surface area contributed by atoms with E-state index in [4.69, 9.17) is 25.8 Å². The number of imide groups is 1. The van der Waals surface area contributed by atoms with E-state index in [0.29, 0.717) is 33.2 Å². The summed E-state index contributed by atoms with van der Waals surface area (Å²) in [5, 5.41) is 0.117. The van der Waals surface area contributed by atoms with Gasteiger partial charge in [-0.3, -0.25) is 19.3 Å². The molecule has 1 aliphatic rings. The molecule has 1 fully saturated rings. The lowest BCUT2D eigenvalue weighted by Gasteiger charge is -2.14. The maximum Gasteiger partial charge on any atom is 0.326 e. The number of methoxy groups -OCH3 is 1. The van der Waals surface area contributed by atoms with Crippen molar-refractivity contribution in [1.29, 1.82) is 0 Å². The van der Waals surface area contributed by atoms with Gasteiger partial charge in [0, 0.05) is 5.02 Å². The topological polar surface area (TPSA) is 82.1 Å². The van der Waals surface area contributed by atoms with Crippen LogP contribution in [0.25, 0.3) is 6.08 Å². The number of carbonyl (C=O) groups is 3. The summed E-state index contributed by atoms with van der Waals surface area (Å²) in [5.74, 6) is -0.241. The van der Waals surface area contributed by atoms with Gasteiger partial charge in [0.2, 0.25) is 0 Å². The molecule has 2 aromatic carbocycles. The molecular weight excluding hydrogens is 522 g/mol. The van der Waals surface area contributed by atoms with E-state index < -0.39 is 23.7 Å². The van der Waals surface area contributed by atoms with Crippen LogP contribution in [-0.4, -0.2) is 42.3 Å². The first kappa shape index (κ1) is 24.2. The van der Waals surface area contributed by atoms with E-state index in [2.05, 4.69) is 15.9 Å². The van der Waals surface area contributed by atoms with Crippen molar-refractivity contribution in [3.63, 3.8) is 0 Å². The lowest BCUT2D eigenvalue weighted by molar-refractivity contribution is -0.145. The van der Waals surface area contributed by atoms with Crippen LogP contribution in [-0.2, 0) is 20.9 Å². The summed E-state index contributed by atoms with van der Waals surface area (Å²) in [6.45, 7) is 1.71. The van der Waals surface area contributed by atoms with Crippen molar-refractivity contribution < 1.29 is 28.6 Å². The maximum absolute atomic E-state index is 12.6. The summed E-state index contributed by atoms with van der Waals surface area (Å²) in [6, 6.07) is 10.7. The van der Waals surface area contributed by atoms with Crippen molar-refractivity contribution >= 4 is 62.5 Å². The highest BCUT2D eigenvalue weighted by molar-refractivity contribution is 9.10. The Balaban J connectivity index is 1.78. The van der Waals surface area contributed by atoms with E-state index in [1.807, 2.05) is 12.1 Å². The predicted octanol–water partition coefficient (Wildman–Crippen LogP) is 5.29. The molecule has 0 radical (unpaired) electrons. The van der Waals surface area contributed by atoms with Crippen molar-refractivity contribution in [3.8, 4) is 11.5 Å². The Hall–Kier alpha value is -2.49. The summed E-state index contributed by atoms with van der Waals surface area (Å²) >= 11 is 10.1. The number of hydrogen-bond donors (Lipinski definition) is 0. The molecule has 10 heteroatoms. The molecule has 0 saturated carbocycles. The summed E-state index contributed by atoms with van der Waals surface area (Å²) in [5.41, 5.74) is 1.55. The van der Waals surface area contributed by atoms with E-state index in [9.17, 15) is 14.4 Å². The van der Waals surface area contributed by atoms with Gasteiger partial charge in [-0.25, -0.2) is 0 Å². The number of esters is 1. The highest BCUT2D eigenvalue weighted by atomic mass is 79.9.